The summed E-state index contributed by atoms with van der Waals surface area (Å²) in [5.74, 6) is 1.85. The average Bonchev–Trinajstić information content (AvgIpc) is 2.63. The Hall–Kier alpha value is 0.270. The molecule has 0 aromatic carbocycles. The normalized spacial score (nSPS) is 59.5. The lowest BCUT2D eigenvalue weighted by molar-refractivity contribution is 0.151. The van der Waals surface area contributed by atoms with Crippen LogP contribution in [0.3, 0.4) is 0 Å². The number of nitrogens with one attached hydrogen (secondary N) is 2. The van der Waals surface area contributed by atoms with E-state index in [0.717, 1.165) is 23.1 Å². The lowest BCUT2D eigenvalue weighted by Gasteiger charge is -2.45. The summed E-state index contributed by atoms with van der Waals surface area (Å²) in [4.78, 5) is 0.372. The molecule has 3 heterocycles. The van der Waals surface area contributed by atoms with Crippen LogP contribution < -0.4 is 10.6 Å². The van der Waals surface area contributed by atoms with Crippen molar-refractivity contribution in [3.05, 3.63) is 0 Å². The fraction of sp³-hybridized carbons (Fsp3) is 1.00. The number of thioether (sulfide) groups is 1. The van der Waals surface area contributed by atoms with Crippen LogP contribution in [0.5, 0.6) is 0 Å². The number of fused-ring (bicyclic) bond motifs is 1. The van der Waals surface area contributed by atoms with E-state index in [9.17, 15) is 0 Å². The first-order valence-corrected chi connectivity index (χ1v) is 6.23. The molecule has 0 aromatic rings. The van der Waals surface area contributed by atoms with Crippen molar-refractivity contribution in [2.45, 2.75) is 36.4 Å². The Morgan fingerprint density at radius 2 is 2.23 bits per heavy atom. The summed E-state index contributed by atoms with van der Waals surface area (Å²) in [6.45, 7) is 7.19. The Balaban J connectivity index is 1.78. The van der Waals surface area contributed by atoms with Crippen LogP contribution in [0.2, 0.25) is 0 Å². The highest BCUT2D eigenvalue weighted by molar-refractivity contribution is 8.01. The van der Waals surface area contributed by atoms with Gasteiger partial charge in [-0.05, 0) is 25.8 Å². The second kappa shape index (κ2) is 2.65. The highest BCUT2D eigenvalue weighted by Gasteiger charge is 2.57. The van der Waals surface area contributed by atoms with Crippen LogP contribution in [0.15, 0.2) is 0 Å². The van der Waals surface area contributed by atoms with E-state index in [2.05, 4.69) is 36.2 Å². The van der Waals surface area contributed by atoms with Crippen molar-refractivity contribution in [2.24, 2.45) is 11.8 Å². The van der Waals surface area contributed by atoms with Gasteiger partial charge in [-0.15, -0.1) is 11.8 Å². The van der Waals surface area contributed by atoms with Crippen LogP contribution in [0.4, 0.5) is 0 Å². The minimum Gasteiger partial charge on any atom is -0.313 e. The molecule has 0 spiro atoms. The zero-order valence-corrected chi connectivity index (χ0v) is 9.16. The van der Waals surface area contributed by atoms with Crippen LogP contribution in [-0.2, 0) is 0 Å². The van der Waals surface area contributed by atoms with Gasteiger partial charge in [-0.2, -0.15) is 0 Å². The third-order valence-corrected chi connectivity index (χ3v) is 5.44. The second-order valence-electron chi connectivity index (χ2n) is 4.95. The predicted octanol–water partition coefficient (Wildman–Crippen LogP) is 1.04. The third kappa shape index (κ3) is 1.10. The minimum absolute atomic E-state index is 0.372. The molecule has 0 radical (unpaired) electrons. The first-order chi connectivity index (χ1) is 6.19. The standard InChI is InChI=1S/C10H18N2S/c1-6-4-12-10(2,13-6)9-7-3-8(9)11-5-7/h6-9,11-12H,3-5H2,1-2H3. The molecular weight excluding hydrogens is 180 g/mol. The van der Waals surface area contributed by atoms with E-state index in [1.807, 2.05) is 0 Å². The van der Waals surface area contributed by atoms with Crippen molar-refractivity contribution in [3.8, 4) is 0 Å². The highest BCUT2D eigenvalue weighted by Crippen LogP contribution is 2.52. The minimum atomic E-state index is 0.372. The largest absolute Gasteiger partial charge is 0.313 e. The summed E-state index contributed by atoms with van der Waals surface area (Å²) >= 11 is 2.15. The van der Waals surface area contributed by atoms with Crippen molar-refractivity contribution in [3.63, 3.8) is 0 Å². The molecule has 13 heavy (non-hydrogen) atoms. The van der Waals surface area contributed by atoms with E-state index in [1.54, 1.807) is 0 Å². The van der Waals surface area contributed by atoms with Gasteiger partial charge in [-0.1, -0.05) is 6.92 Å². The van der Waals surface area contributed by atoms with Crippen LogP contribution in [-0.4, -0.2) is 29.3 Å². The van der Waals surface area contributed by atoms with E-state index >= 15 is 0 Å². The quantitative estimate of drug-likeness (QED) is 0.658. The lowest BCUT2D eigenvalue weighted by Crippen LogP contribution is -2.54. The van der Waals surface area contributed by atoms with E-state index in [4.69, 9.17) is 0 Å². The molecule has 4 aliphatic rings. The summed E-state index contributed by atoms with van der Waals surface area (Å²) in [5, 5.41) is 8.11. The van der Waals surface area contributed by atoms with E-state index in [0.29, 0.717) is 4.87 Å². The summed E-state index contributed by atoms with van der Waals surface area (Å²) in [5.41, 5.74) is 0. The molecule has 3 aliphatic heterocycles. The molecule has 1 aliphatic carbocycles. The Bertz CT molecular complexity index is 219. The van der Waals surface area contributed by atoms with Crippen LogP contribution in [0.25, 0.3) is 0 Å². The molecule has 5 atom stereocenters. The maximum atomic E-state index is 3.71. The molecule has 4 fully saturated rings. The third-order valence-electron chi connectivity index (χ3n) is 3.96. The maximum absolute atomic E-state index is 3.71. The van der Waals surface area contributed by atoms with Gasteiger partial charge >= 0.3 is 0 Å². The van der Waals surface area contributed by atoms with Crippen LogP contribution in [0, 0.1) is 11.8 Å². The average molecular weight is 198 g/mol. The molecule has 2 N–H and O–H groups in total. The number of rotatable bonds is 1. The summed E-state index contributed by atoms with van der Waals surface area (Å²) < 4.78 is 0. The molecule has 0 aromatic heterocycles. The van der Waals surface area contributed by atoms with Crippen LogP contribution in [0.1, 0.15) is 20.3 Å². The summed E-state index contributed by atoms with van der Waals surface area (Å²) in [6.07, 6.45) is 1.43. The lowest BCUT2D eigenvalue weighted by atomic mass is 9.70. The zero-order valence-electron chi connectivity index (χ0n) is 8.34. The van der Waals surface area contributed by atoms with Crippen molar-refractivity contribution in [1.82, 2.24) is 10.6 Å². The molecule has 2 nitrogen and oxygen atoms in total. The van der Waals surface area contributed by atoms with Gasteiger partial charge in [0.05, 0.1) is 4.87 Å². The van der Waals surface area contributed by atoms with Gasteiger partial charge < -0.3 is 10.6 Å². The zero-order chi connectivity index (χ0) is 9.05. The van der Waals surface area contributed by atoms with Crippen molar-refractivity contribution < 1.29 is 0 Å². The summed E-state index contributed by atoms with van der Waals surface area (Å²) in [7, 11) is 0. The second-order valence-corrected chi connectivity index (χ2v) is 6.84. The first kappa shape index (κ1) is 8.57. The molecule has 4 rings (SSSR count). The van der Waals surface area contributed by atoms with Gasteiger partial charge in [0.1, 0.15) is 0 Å². The fourth-order valence-electron chi connectivity index (χ4n) is 3.35. The van der Waals surface area contributed by atoms with E-state index in [1.165, 1.54) is 19.5 Å². The smallest absolute Gasteiger partial charge is 0.0666 e. The van der Waals surface area contributed by atoms with Gasteiger partial charge in [0, 0.05) is 23.8 Å². The van der Waals surface area contributed by atoms with Crippen molar-refractivity contribution in [2.75, 3.05) is 13.1 Å². The van der Waals surface area contributed by atoms with E-state index in [-0.39, 0.29) is 0 Å². The fourth-order valence-corrected chi connectivity index (χ4v) is 5.04. The van der Waals surface area contributed by atoms with Gasteiger partial charge in [0.15, 0.2) is 0 Å². The molecule has 2 bridgehead atoms. The molecule has 0 amide bonds. The molecule has 1 saturated carbocycles. The van der Waals surface area contributed by atoms with E-state index < -0.39 is 0 Å². The maximum Gasteiger partial charge on any atom is 0.0666 e. The predicted molar refractivity (Wildman–Crippen MR) is 56.8 cm³/mol. The van der Waals surface area contributed by atoms with Gasteiger partial charge in [0.2, 0.25) is 0 Å². The van der Waals surface area contributed by atoms with Crippen molar-refractivity contribution in [1.29, 1.82) is 0 Å². The Labute approximate surface area is 84.2 Å². The Morgan fingerprint density at radius 3 is 2.69 bits per heavy atom. The molecule has 3 heteroatoms. The number of hydrogen-bond acceptors (Lipinski definition) is 3. The highest BCUT2D eigenvalue weighted by atomic mass is 32.2. The van der Waals surface area contributed by atoms with Gasteiger partial charge in [-0.25, -0.2) is 0 Å². The summed E-state index contributed by atoms with van der Waals surface area (Å²) in [6, 6.07) is 0.820. The molecule has 3 saturated heterocycles. The molecule has 74 valence electrons. The Morgan fingerprint density at radius 1 is 1.38 bits per heavy atom. The van der Waals surface area contributed by atoms with Gasteiger partial charge in [-0.3, -0.25) is 0 Å². The monoisotopic (exact) mass is 198 g/mol. The molecule has 5 unspecified atom stereocenters. The first-order valence-electron chi connectivity index (χ1n) is 5.35. The van der Waals surface area contributed by atoms with Gasteiger partial charge in [0.25, 0.3) is 0 Å². The Kier molecular flexibility index (Phi) is 1.74. The topological polar surface area (TPSA) is 24.1 Å². The van der Waals surface area contributed by atoms with Crippen LogP contribution >= 0.6 is 11.8 Å². The van der Waals surface area contributed by atoms with Crippen molar-refractivity contribution >= 4 is 11.8 Å². The SMILES string of the molecule is CC1CNC(C)(C2C3CNC2C3)S1. The molecular formula is C10H18N2S. The number of hydrogen-bond donors (Lipinski definition) is 2.